The second-order valence-electron chi connectivity index (χ2n) is 4.71. The SMILES string of the molecule is CC(CCNC(=O)Nc1ccc(F)cc1)CCC(=O)O. The fourth-order valence-electron chi connectivity index (χ4n) is 1.65. The highest BCUT2D eigenvalue weighted by Crippen LogP contribution is 2.10. The Morgan fingerprint density at radius 1 is 1.25 bits per heavy atom. The molecule has 0 aliphatic rings. The van der Waals surface area contributed by atoms with Crippen LogP contribution in [0.5, 0.6) is 0 Å². The highest BCUT2D eigenvalue weighted by molar-refractivity contribution is 5.89. The highest BCUT2D eigenvalue weighted by Gasteiger charge is 2.07. The summed E-state index contributed by atoms with van der Waals surface area (Å²) in [5.74, 6) is -0.931. The monoisotopic (exact) mass is 282 g/mol. The second kappa shape index (κ2) is 8.14. The summed E-state index contributed by atoms with van der Waals surface area (Å²) in [6.45, 7) is 2.41. The van der Waals surface area contributed by atoms with Crippen molar-refractivity contribution in [2.75, 3.05) is 11.9 Å². The number of rotatable bonds is 7. The molecule has 1 unspecified atom stereocenters. The average molecular weight is 282 g/mol. The van der Waals surface area contributed by atoms with Crippen LogP contribution in [0.4, 0.5) is 14.9 Å². The van der Waals surface area contributed by atoms with E-state index in [1.54, 1.807) is 0 Å². The van der Waals surface area contributed by atoms with Gasteiger partial charge in [0.1, 0.15) is 5.82 Å². The molecule has 5 nitrogen and oxygen atoms in total. The molecule has 1 rings (SSSR count). The zero-order chi connectivity index (χ0) is 15.0. The number of amides is 2. The summed E-state index contributed by atoms with van der Waals surface area (Å²) in [6, 6.07) is 5.13. The predicted molar refractivity (Wildman–Crippen MR) is 74.1 cm³/mol. The van der Waals surface area contributed by atoms with Gasteiger partial charge in [-0.2, -0.15) is 0 Å². The highest BCUT2D eigenvalue weighted by atomic mass is 19.1. The molecule has 6 heteroatoms. The van der Waals surface area contributed by atoms with Crippen molar-refractivity contribution in [3.8, 4) is 0 Å². The van der Waals surface area contributed by atoms with E-state index in [9.17, 15) is 14.0 Å². The number of aliphatic carboxylic acids is 1. The Kier molecular flexibility index (Phi) is 6.49. The van der Waals surface area contributed by atoms with E-state index in [-0.39, 0.29) is 24.2 Å². The first-order valence-corrected chi connectivity index (χ1v) is 6.49. The van der Waals surface area contributed by atoms with Gasteiger partial charge in [-0.15, -0.1) is 0 Å². The van der Waals surface area contributed by atoms with Crippen molar-refractivity contribution in [2.24, 2.45) is 5.92 Å². The third-order valence-electron chi connectivity index (χ3n) is 2.88. The second-order valence-corrected chi connectivity index (χ2v) is 4.71. The van der Waals surface area contributed by atoms with Crippen molar-refractivity contribution < 1.29 is 19.1 Å². The van der Waals surface area contributed by atoms with E-state index in [1.165, 1.54) is 24.3 Å². The van der Waals surface area contributed by atoms with E-state index in [2.05, 4.69) is 10.6 Å². The molecule has 0 saturated heterocycles. The van der Waals surface area contributed by atoms with Crippen LogP contribution in [0.25, 0.3) is 0 Å². The normalized spacial score (nSPS) is 11.7. The van der Waals surface area contributed by atoms with Gasteiger partial charge in [0.05, 0.1) is 0 Å². The summed E-state index contributed by atoms with van der Waals surface area (Å²) in [7, 11) is 0. The zero-order valence-corrected chi connectivity index (χ0v) is 11.4. The number of nitrogens with one attached hydrogen (secondary N) is 2. The van der Waals surface area contributed by atoms with Crippen molar-refractivity contribution in [3.63, 3.8) is 0 Å². The minimum Gasteiger partial charge on any atom is -0.481 e. The van der Waals surface area contributed by atoms with Gasteiger partial charge >= 0.3 is 12.0 Å². The van der Waals surface area contributed by atoms with Gasteiger partial charge in [-0.25, -0.2) is 9.18 Å². The van der Waals surface area contributed by atoms with Crippen LogP contribution in [0, 0.1) is 11.7 Å². The molecular weight excluding hydrogens is 263 g/mol. The Labute approximate surface area is 117 Å². The fourth-order valence-corrected chi connectivity index (χ4v) is 1.65. The molecular formula is C14H19FN2O3. The molecule has 2 amide bonds. The number of halogens is 1. The lowest BCUT2D eigenvalue weighted by Crippen LogP contribution is -2.30. The van der Waals surface area contributed by atoms with Crippen LogP contribution in [-0.4, -0.2) is 23.7 Å². The van der Waals surface area contributed by atoms with Crippen molar-refractivity contribution in [2.45, 2.75) is 26.2 Å². The molecule has 0 aromatic heterocycles. The van der Waals surface area contributed by atoms with E-state index in [0.717, 1.165) is 0 Å². The summed E-state index contributed by atoms with van der Waals surface area (Å²) in [5.41, 5.74) is 0.517. The van der Waals surface area contributed by atoms with Gasteiger partial charge in [0.15, 0.2) is 0 Å². The molecule has 0 spiro atoms. The summed E-state index contributed by atoms with van der Waals surface area (Å²) >= 11 is 0. The van der Waals surface area contributed by atoms with Crippen LogP contribution in [0.3, 0.4) is 0 Å². The lowest BCUT2D eigenvalue weighted by molar-refractivity contribution is -0.137. The Morgan fingerprint density at radius 3 is 2.50 bits per heavy atom. The van der Waals surface area contributed by atoms with Gasteiger partial charge in [-0.3, -0.25) is 4.79 Å². The minimum atomic E-state index is -0.807. The van der Waals surface area contributed by atoms with Gasteiger partial charge in [0.25, 0.3) is 0 Å². The number of benzene rings is 1. The van der Waals surface area contributed by atoms with Crippen LogP contribution in [0.1, 0.15) is 26.2 Å². The molecule has 0 bridgehead atoms. The third-order valence-corrected chi connectivity index (χ3v) is 2.88. The minimum absolute atomic E-state index is 0.142. The van der Waals surface area contributed by atoms with Crippen LogP contribution in [-0.2, 0) is 4.79 Å². The molecule has 0 radical (unpaired) electrons. The molecule has 0 saturated carbocycles. The standard InChI is InChI=1S/C14H19FN2O3/c1-10(2-7-13(18)19)8-9-16-14(20)17-12-5-3-11(15)4-6-12/h3-6,10H,2,7-9H2,1H3,(H,18,19)(H2,16,17,20). The molecule has 1 atom stereocenters. The predicted octanol–water partition coefficient (Wildman–Crippen LogP) is 2.84. The van der Waals surface area contributed by atoms with Gasteiger partial charge in [0.2, 0.25) is 0 Å². The maximum Gasteiger partial charge on any atom is 0.319 e. The first-order chi connectivity index (χ1) is 9.47. The number of hydrogen-bond donors (Lipinski definition) is 3. The number of carboxylic acid groups (broad SMARTS) is 1. The van der Waals surface area contributed by atoms with Crippen LogP contribution < -0.4 is 10.6 Å². The third kappa shape index (κ3) is 6.72. The average Bonchev–Trinajstić information content (AvgIpc) is 2.39. The quantitative estimate of drug-likeness (QED) is 0.719. The van der Waals surface area contributed by atoms with Crippen LogP contribution >= 0.6 is 0 Å². The topological polar surface area (TPSA) is 78.4 Å². The van der Waals surface area contributed by atoms with E-state index in [4.69, 9.17) is 5.11 Å². The van der Waals surface area contributed by atoms with Crippen molar-refractivity contribution in [3.05, 3.63) is 30.1 Å². The summed E-state index contributed by atoms with van der Waals surface area (Å²) in [5, 5.41) is 13.8. The first-order valence-electron chi connectivity index (χ1n) is 6.49. The van der Waals surface area contributed by atoms with Gasteiger partial charge in [0, 0.05) is 18.7 Å². The molecule has 20 heavy (non-hydrogen) atoms. The van der Waals surface area contributed by atoms with E-state index in [0.29, 0.717) is 25.1 Å². The van der Waals surface area contributed by atoms with Crippen molar-refractivity contribution in [1.82, 2.24) is 5.32 Å². The number of carboxylic acids is 1. The van der Waals surface area contributed by atoms with Crippen molar-refractivity contribution >= 4 is 17.7 Å². The largest absolute Gasteiger partial charge is 0.481 e. The number of anilines is 1. The molecule has 110 valence electrons. The number of hydrogen-bond acceptors (Lipinski definition) is 2. The zero-order valence-electron chi connectivity index (χ0n) is 11.4. The van der Waals surface area contributed by atoms with E-state index < -0.39 is 5.97 Å². The smallest absolute Gasteiger partial charge is 0.319 e. The molecule has 1 aromatic carbocycles. The lowest BCUT2D eigenvalue weighted by Gasteiger charge is -2.11. The number of carbonyl (C=O) groups is 2. The number of urea groups is 1. The van der Waals surface area contributed by atoms with Gasteiger partial charge in [-0.1, -0.05) is 6.92 Å². The molecule has 3 N–H and O–H groups in total. The maximum atomic E-state index is 12.7. The summed E-state index contributed by atoms with van der Waals surface area (Å²) in [4.78, 5) is 21.9. The maximum absolute atomic E-state index is 12.7. The van der Waals surface area contributed by atoms with Crippen molar-refractivity contribution in [1.29, 1.82) is 0 Å². The Balaban J connectivity index is 2.20. The van der Waals surface area contributed by atoms with Crippen LogP contribution in [0.15, 0.2) is 24.3 Å². The van der Waals surface area contributed by atoms with Crippen LogP contribution in [0.2, 0.25) is 0 Å². The fraction of sp³-hybridized carbons (Fsp3) is 0.429. The molecule has 1 aromatic rings. The first kappa shape index (κ1) is 15.9. The number of carbonyl (C=O) groups excluding carboxylic acids is 1. The Bertz CT molecular complexity index is 448. The van der Waals surface area contributed by atoms with E-state index >= 15 is 0 Å². The summed E-state index contributed by atoms with van der Waals surface area (Å²) in [6.07, 6.45) is 1.45. The Morgan fingerprint density at radius 2 is 1.90 bits per heavy atom. The Hall–Kier alpha value is -2.11. The molecule has 0 aliphatic heterocycles. The molecule has 0 heterocycles. The lowest BCUT2D eigenvalue weighted by atomic mass is 10.0. The van der Waals surface area contributed by atoms with Gasteiger partial charge in [-0.05, 0) is 43.0 Å². The summed E-state index contributed by atoms with van der Waals surface area (Å²) < 4.78 is 12.7. The molecule has 0 fully saturated rings. The molecule has 0 aliphatic carbocycles. The van der Waals surface area contributed by atoms with E-state index in [1.807, 2.05) is 6.92 Å². The van der Waals surface area contributed by atoms with Gasteiger partial charge < -0.3 is 15.7 Å².